The number of carbonyl (C=O) groups is 2. The summed E-state index contributed by atoms with van der Waals surface area (Å²) in [6.07, 6.45) is 2.00. The average Bonchev–Trinajstić information content (AvgIpc) is 3.35. The summed E-state index contributed by atoms with van der Waals surface area (Å²) >= 11 is 0. The summed E-state index contributed by atoms with van der Waals surface area (Å²) in [6, 6.07) is 16.6. The van der Waals surface area contributed by atoms with Crippen LogP contribution < -0.4 is 4.74 Å². The second kappa shape index (κ2) is 10.0. The van der Waals surface area contributed by atoms with Crippen LogP contribution >= 0.6 is 0 Å². The van der Waals surface area contributed by atoms with Crippen LogP contribution in [0.2, 0.25) is 0 Å². The number of non-ortho nitro benzene ring substituents is 1. The van der Waals surface area contributed by atoms with Crippen molar-refractivity contribution in [3.8, 4) is 5.75 Å². The fraction of sp³-hybridized carbons (Fsp3) is 0.308. The molecule has 1 unspecified atom stereocenters. The monoisotopic (exact) mass is 476 g/mol. The number of nitro benzene ring substituents is 1. The third kappa shape index (κ3) is 4.89. The fourth-order valence-corrected chi connectivity index (χ4v) is 4.46. The predicted octanol–water partition coefficient (Wildman–Crippen LogP) is 3.89. The van der Waals surface area contributed by atoms with E-state index in [0.29, 0.717) is 18.8 Å². The molecule has 2 heterocycles. The summed E-state index contributed by atoms with van der Waals surface area (Å²) < 4.78 is 7.53. The molecule has 9 heteroatoms. The Morgan fingerprint density at radius 3 is 2.60 bits per heavy atom. The highest BCUT2D eigenvalue weighted by Gasteiger charge is 2.34. The van der Waals surface area contributed by atoms with Gasteiger partial charge in [-0.15, -0.1) is 0 Å². The summed E-state index contributed by atoms with van der Waals surface area (Å²) in [6.45, 7) is 4.64. The smallest absolute Gasteiger partial charge is 0.270 e. The number of hydrogen-bond donors (Lipinski definition) is 0. The van der Waals surface area contributed by atoms with Crippen LogP contribution in [-0.4, -0.2) is 57.3 Å². The summed E-state index contributed by atoms with van der Waals surface area (Å²) in [5.41, 5.74) is 1.91. The molecule has 0 aliphatic carbocycles. The minimum atomic E-state index is -0.538. The number of rotatable bonds is 7. The maximum Gasteiger partial charge on any atom is 0.270 e. The van der Waals surface area contributed by atoms with Crippen LogP contribution in [0.1, 0.15) is 41.5 Å². The number of methoxy groups -OCH3 is 1. The molecule has 0 bridgehead atoms. The lowest BCUT2D eigenvalue weighted by Gasteiger charge is -2.39. The molecule has 182 valence electrons. The topological polar surface area (TPSA) is 97.9 Å². The molecule has 9 nitrogen and oxygen atoms in total. The first-order chi connectivity index (χ1) is 16.8. The molecule has 0 radical (unpaired) electrons. The molecule has 4 rings (SSSR count). The second-order valence-corrected chi connectivity index (χ2v) is 8.73. The van der Waals surface area contributed by atoms with Crippen molar-refractivity contribution in [2.75, 3.05) is 20.2 Å². The molecule has 0 spiro atoms. The van der Waals surface area contributed by atoms with Crippen LogP contribution in [-0.2, 0) is 11.3 Å². The largest absolute Gasteiger partial charge is 0.497 e. The third-order valence-corrected chi connectivity index (χ3v) is 6.26. The van der Waals surface area contributed by atoms with Gasteiger partial charge in [0, 0.05) is 48.7 Å². The van der Waals surface area contributed by atoms with E-state index in [1.54, 1.807) is 12.0 Å². The van der Waals surface area contributed by atoms with E-state index in [2.05, 4.69) is 4.57 Å². The van der Waals surface area contributed by atoms with Crippen LogP contribution in [0.4, 0.5) is 5.69 Å². The lowest BCUT2D eigenvalue weighted by atomic mass is 9.99. The van der Waals surface area contributed by atoms with Crippen LogP contribution in [0.25, 0.3) is 0 Å². The lowest BCUT2D eigenvalue weighted by molar-refractivity contribution is -0.384. The second-order valence-electron chi connectivity index (χ2n) is 8.73. The summed E-state index contributed by atoms with van der Waals surface area (Å²) in [5.74, 6) is 0.0800. The van der Waals surface area contributed by atoms with Gasteiger partial charge in [-0.2, -0.15) is 0 Å². The van der Waals surface area contributed by atoms with Crippen molar-refractivity contribution >= 4 is 17.5 Å². The van der Waals surface area contributed by atoms with Gasteiger partial charge in [-0.05, 0) is 49.7 Å². The van der Waals surface area contributed by atoms with Crippen LogP contribution in [0.15, 0.2) is 66.9 Å². The zero-order valence-electron chi connectivity index (χ0n) is 20.0. The molecule has 0 saturated heterocycles. The van der Waals surface area contributed by atoms with Gasteiger partial charge < -0.3 is 19.1 Å². The van der Waals surface area contributed by atoms with Crippen LogP contribution in [0.5, 0.6) is 5.75 Å². The van der Waals surface area contributed by atoms with Crippen LogP contribution in [0, 0.1) is 10.1 Å². The van der Waals surface area contributed by atoms with Crippen molar-refractivity contribution in [2.45, 2.75) is 32.5 Å². The van der Waals surface area contributed by atoms with Gasteiger partial charge in [0.2, 0.25) is 5.91 Å². The van der Waals surface area contributed by atoms with E-state index in [4.69, 9.17) is 4.74 Å². The number of benzene rings is 2. The molecule has 0 N–H and O–H groups in total. The van der Waals surface area contributed by atoms with Gasteiger partial charge in [-0.25, -0.2) is 0 Å². The van der Waals surface area contributed by atoms with Crippen molar-refractivity contribution in [1.82, 2.24) is 14.4 Å². The summed E-state index contributed by atoms with van der Waals surface area (Å²) in [7, 11) is 1.60. The summed E-state index contributed by atoms with van der Waals surface area (Å²) in [4.78, 5) is 40.8. The van der Waals surface area contributed by atoms with E-state index < -0.39 is 10.8 Å². The third-order valence-electron chi connectivity index (χ3n) is 6.26. The lowest BCUT2D eigenvalue weighted by Crippen LogP contribution is -2.49. The minimum Gasteiger partial charge on any atom is -0.497 e. The zero-order valence-corrected chi connectivity index (χ0v) is 20.0. The highest BCUT2D eigenvalue weighted by Crippen LogP contribution is 2.34. The Bertz CT molecular complexity index is 1250. The molecule has 35 heavy (non-hydrogen) atoms. The van der Waals surface area contributed by atoms with E-state index in [1.165, 1.54) is 29.2 Å². The van der Waals surface area contributed by atoms with Crippen molar-refractivity contribution in [3.05, 3.63) is 93.8 Å². The van der Waals surface area contributed by atoms with E-state index in [1.807, 2.05) is 56.4 Å². The molecule has 1 atom stereocenters. The van der Waals surface area contributed by atoms with Crippen molar-refractivity contribution in [1.29, 1.82) is 0 Å². The average molecular weight is 477 g/mol. The number of carbonyl (C=O) groups excluding carboxylic acids is 2. The standard InChI is InChI=1S/C26H28N4O5/c1-18(2)29(26(32)20-8-4-9-21(15-20)30(33)34)17-24(31)28-14-13-27-12-6-11-23(27)25(28)19-7-5-10-22(16-19)35-3/h4-12,15-16,18,25H,13-14,17H2,1-3H3. The Kier molecular flexibility index (Phi) is 6.86. The van der Waals surface area contributed by atoms with Gasteiger partial charge in [-0.3, -0.25) is 19.7 Å². The van der Waals surface area contributed by atoms with Crippen molar-refractivity contribution < 1.29 is 19.2 Å². The van der Waals surface area contributed by atoms with Gasteiger partial charge >= 0.3 is 0 Å². The van der Waals surface area contributed by atoms with Crippen molar-refractivity contribution in [2.24, 2.45) is 0 Å². The minimum absolute atomic E-state index is 0.139. The predicted molar refractivity (Wildman–Crippen MR) is 130 cm³/mol. The number of hydrogen-bond acceptors (Lipinski definition) is 5. The maximum atomic E-state index is 13.7. The van der Waals surface area contributed by atoms with Gasteiger partial charge in [0.1, 0.15) is 12.3 Å². The molecular weight excluding hydrogens is 448 g/mol. The molecule has 1 aliphatic rings. The molecule has 0 saturated carbocycles. The first-order valence-electron chi connectivity index (χ1n) is 11.4. The number of amides is 2. The Morgan fingerprint density at radius 1 is 1.11 bits per heavy atom. The highest BCUT2D eigenvalue weighted by molar-refractivity contribution is 5.97. The van der Waals surface area contributed by atoms with Gasteiger partial charge in [0.05, 0.1) is 18.1 Å². The quantitative estimate of drug-likeness (QED) is 0.381. The number of ether oxygens (including phenoxy) is 1. The Balaban J connectivity index is 1.63. The van der Waals surface area contributed by atoms with Gasteiger partial charge in [0.25, 0.3) is 11.6 Å². The molecule has 2 aromatic carbocycles. The van der Waals surface area contributed by atoms with E-state index in [9.17, 15) is 19.7 Å². The molecule has 0 fully saturated rings. The molecule has 2 amide bonds. The zero-order chi connectivity index (χ0) is 25.1. The van der Waals surface area contributed by atoms with E-state index >= 15 is 0 Å². The van der Waals surface area contributed by atoms with E-state index in [-0.39, 0.29) is 35.8 Å². The number of aromatic nitrogens is 1. The van der Waals surface area contributed by atoms with Crippen molar-refractivity contribution in [3.63, 3.8) is 0 Å². The fourth-order valence-electron chi connectivity index (χ4n) is 4.46. The first-order valence-corrected chi connectivity index (χ1v) is 11.4. The maximum absolute atomic E-state index is 13.7. The number of nitrogens with zero attached hydrogens (tertiary/aromatic N) is 4. The number of fused-ring (bicyclic) bond motifs is 1. The Morgan fingerprint density at radius 2 is 1.89 bits per heavy atom. The van der Waals surface area contributed by atoms with Gasteiger partial charge in [0.15, 0.2) is 0 Å². The molecule has 3 aromatic rings. The normalized spacial score (nSPS) is 15.0. The van der Waals surface area contributed by atoms with E-state index in [0.717, 1.165) is 11.3 Å². The first kappa shape index (κ1) is 24.0. The van der Waals surface area contributed by atoms with Gasteiger partial charge in [-0.1, -0.05) is 18.2 Å². The highest BCUT2D eigenvalue weighted by atomic mass is 16.6. The Labute approximate surface area is 203 Å². The SMILES string of the molecule is COc1cccc(C2c3cccn3CCN2C(=O)CN(C(=O)c2cccc([N+](=O)[O-])c2)C(C)C)c1. The molecule has 1 aliphatic heterocycles. The number of nitro groups is 1. The molecular formula is C26H28N4O5. The Hall–Kier alpha value is -4.14. The van der Waals surface area contributed by atoms with Crippen LogP contribution in [0.3, 0.4) is 0 Å². The molecule has 1 aromatic heterocycles. The summed E-state index contributed by atoms with van der Waals surface area (Å²) in [5, 5.41) is 11.2.